The molecule has 146 valence electrons. The number of esters is 1. The Morgan fingerprint density at radius 3 is 2.45 bits per heavy atom. The van der Waals surface area contributed by atoms with Crippen molar-refractivity contribution < 1.29 is 14.3 Å². The number of nitrogens with one attached hydrogen (secondary N) is 1. The van der Waals surface area contributed by atoms with Crippen LogP contribution in [0.15, 0.2) is 78.9 Å². The lowest BCUT2D eigenvalue weighted by Gasteiger charge is -2.28. The van der Waals surface area contributed by atoms with Crippen molar-refractivity contribution in [2.75, 3.05) is 11.9 Å². The Morgan fingerprint density at radius 1 is 0.966 bits per heavy atom. The highest BCUT2D eigenvalue weighted by Crippen LogP contribution is 2.36. The molecule has 3 aromatic carbocycles. The molecule has 1 atom stereocenters. The first-order valence-electron chi connectivity index (χ1n) is 9.65. The van der Waals surface area contributed by atoms with Crippen LogP contribution in [0.4, 0.5) is 5.69 Å². The molecule has 0 radical (unpaired) electrons. The number of rotatable bonds is 6. The summed E-state index contributed by atoms with van der Waals surface area (Å²) in [5, 5.41) is 3.41. The summed E-state index contributed by atoms with van der Waals surface area (Å²) in [5.74, 6) is -0.418. The van der Waals surface area contributed by atoms with E-state index >= 15 is 0 Å². The molecule has 0 unspecified atom stereocenters. The molecular formula is C24H22N2O3. The zero-order chi connectivity index (χ0) is 20.2. The molecule has 1 heterocycles. The Bertz CT molecular complexity index is 1030. The first kappa shape index (κ1) is 18.7. The zero-order valence-electron chi connectivity index (χ0n) is 16.2. The van der Waals surface area contributed by atoms with E-state index < -0.39 is 0 Å². The maximum Gasteiger partial charge on any atom is 0.340 e. The van der Waals surface area contributed by atoms with Crippen molar-refractivity contribution >= 4 is 17.6 Å². The molecule has 4 rings (SSSR count). The number of amides is 1. The van der Waals surface area contributed by atoms with E-state index in [0.29, 0.717) is 30.0 Å². The lowest BCUT2D eigenvalue weighted by Crippen LogP contribution is -2.32. The smallest absolute Gasteiger partial charge is 0.340 e. The third kappa shape index (κ3) is 3.72. The summed E-state index contributed by atoms with van der Waals surface area (Å²) in [6, 6.07) is 24.7. The van der Waals surface area contributed by atoms with Crippen LogP contribution >= 0.6 is 0 Å². The minimum atomic E-state index is -0.386. The summed E-state index contributed by atoms with van der Waals surface area (Å²) in [4.78, 5) is 27.3. The van der Waals surface area contributed by atoms with Gasteiger partial charge in [0.2, 0.25) is 0 Å². The average molecular weight is 386 g/mol. The molecule has 0 spiro atoms. The zero-order valence-corrected chi connectivity index (χ0v) is 16.2. The quantitative estimate of drug-likeness (QED) is 0.628. The van der Waals surface area contributed by atoms with Gasteiger partial charge in [-0.05, 0) is 30.7 Å². The maximum atomic E-state index is 13.1. The molecule has 29 heavy (non-hydrogen) atoms. The fraction of sp³-hybridized carbons (Fsp3) is 0.167. The van der Waals surface area contributed by atoms with Crippen molar-refractivity contribution in [3.63, 3.8) is 0 Å². The highest BCUT2D eigenvalue weighted by atomic mass is 16.5. The van der Waals surface area contributed by atoms with Gasteiger partial charge in [-0.2, -0.15) is 0 Å². The van der Waals surface area contributed by atoms with E-state index in [1.807, 2.05) is 66.7 Å². The van der Waals surface area contributed by atoms with Crippen LogP contribution in [-0.2, 0) is 11.3 Å². The highest BCUT2D eigenvalue weighted by molar-refractivity contribution is 6.00. The van der Waals surface area contributed by atoms with E-state index in [9.17, 15) is 9.59 Å². The molecule has 0 saturated carbocycles. The second-order valence-electron chi connectivity index (χ2n) is 6.82. The van der Waals surface area contributed by atoms with Crippen LogP contribution in [0.5, 0.6) is 0 Å². The third-order valence-electron chi connectivity index (χ3n) is 4.97. The summed E-state index contributed by atoms with van der Waals surface area (Å²) >= 11 is 0. The molecule has 3 aromatic rings. The van der Waals surface area contributed by atoms with Crippen LogP contribution < -0.4 is 5.32 Å². The van der Waals surface area contributed by atoms with Crippen molar-refractivity contribution in [1.82, 2.24) is 4.90 Å². The van der Waals surface area contributed by atoms with E-state index in [4.69, 9.17) is 4.74 Å². The largest absolute Gasteiger partial charge is 0.462 e. The normalized spacial score (nSPS) is 15.1. The van der Waals surface area contributed by atoms with Gasteiger partial charge in [-0.1, -0.05) is 60.7 Å². The van der Waals surface area contributed by atoms with Crippen molar-refractivity contribution in [2.45, 2.75) is 19.6 Å². The fourth-order valence-electron chi connectivity index (χ4n) is 3.61. The number of nitrogens with zero attached hydrogens (tertiary/aromatic N) is 1. The molecule has 1 aliphatic rings. The number of hydrogen-bond donors (Lipinski definition) is 1. The summed E-state index contributed by atoms with van der Waals surface area (Å²) in [6.07, 6.45) is -0.380. The molecule has 5 nitrogen and oxygen atoms in total. The van der Waals surface area contributed by atoms with Crippen LogP contribution in [-0.4, -0.2) is 23.4 Å². The Hall–Kier alpha value is -3.60. The van der Waals surface area contributed by atoms with Crippen LogP contribution in [0.25, 0.3) is 0 Å². The van der Waals surface area contributed by atoms with E-state index in [-0.39, 0.29) is 18.0 Å². The number of para-hydroxylation sites is 1. The first-order valence-corrected chi connectivity index (χ1v) is 9.65. The summed E-state index contributed by atoms with van der Waals surface area (Å²) in [5.41, 5.74) is 3.70. The molecule has 5 heteroatoms. The second kappa shape index (κ2) is 8.19. The van der Waals surface area contributed by atoms with Gasteiger partial charge in [0.05, 0.1) is 17.9 Å². The van der Waals surface area contributed by atoms with Crippen molar-refractivity contribution in [1.29, 1.82) is 0 Å². The van der Waals surface area contributed by atoms with Crippen LogP contribution in [0.1, 0.15) is 44.9 Å². The molecule has 0 bridgehead atoms. The second-order valence-corrected chi connectivity index (χ2v) is 6.82. The Morgan fingerprint density at radius 2 is 1.66 bits per heavy atom. The highest BCUT2D eigenvalue weighted by Gasteiger charge is 2.36. The first-order chi connectivity index (χ1) is 14.2. The Kier molecular flexibility index (Phi) is 5.29. The number of benzene rings is 3. The lowest BCUT2D eigenvalue weighted by atomic mass is 10.1. The maximum absolute atomic E-state index is 13.1. The van der Waals surface area contributed by atoms with Crippen molar-refractivity contribution in [3.05, 3.63) is 101 Å². The predicted octanol–water partition coefficient (Wildman–Crippen LogP) is 4.63. The van der Waals surface area contributed by atoms with Gasteiger partial charge < -0.3 is 15.0 Å². The van der Waals surface area contributed by atoms with Gasteiger partial charge in [0, 0.05) is 17.7 Å². The number of ether oxygens (including phenoxy) is 1. The fourth-order valence-corrected chi connectivity index (χ4v) is 3.61. The van der Waals surface area contributed by atoms with E-state index in [0.717, 1.165) is 11.1 Å². The van der Waals surface area contributed by atoms with Gasteiger partial charge in [-0.15, -0.1) is 0 Å². The summed E-state index contributed by atoms with van der Waals surface area (Å²) in [7, 11) is 0. The molecule has 1 N–H and O–H groups in total. The molecule has 0 fully saturated rings. The van der Waals surface area contributed by atoms with Crippen molar-refractivity contribution in [3.8, 4) is 0 Å². The monoisotopic (exact) mass is 386 g/mol. The topological polar surface area (TPSA) is 58.6 Å². The predicted molar refractivity (Wildman–Crippen MR) is 112 cm³/mol. The van der Waals surface area contributed by atoms with Crippen molar-refractivity contribution in [2.24, 2.45) is 0 Å². The Balaban J connectivity index is 1.70. The molecule has 0 aromatic heterocycles. The van der Waals surface area contributed by atoms with Gasteiger partial charge in [-0.3, -0.25) is 4.79 Å². The number of hydrogen-bond acceptors (Lipinski definition) is 4. The van der Waals surface area contributed by atoms with Gasteiger partial charge >= 0.3 is 5.97 Å². The molecule has 1 amide bonds. The van der Waals surface area contributed by atoms with Gasteiger partial charge in [0.15, 0.2) is 0 Å². The number of fused-ring (bicyclic) bond motifs is 1. The van der Waals surface area contributed by atoms with Crippen LogP contribution in [0.3, 0.4) is 0 Å². The molecule has 0 saturated heterocycles. The van der Waals surface area contributed by atoms with Gasteiger partial charge in [-0.25, -0.2) is 4.79 Å². The number of carbonyl (C=O) groups excluding carboxylic acids is 2. The molecular weight excluding hydrogens is 364 g/mol. The lowest BCUT2D eigenvalue weighted by molar-refractivity contribution is 0.0527. The van der Waals surface area contributed by atoms with Gasteiger partial charge in [0.1, 0.15) is 6.17 Å². The summed E-state index contributed by atoms with van der Waals surface area (Å²) < 4.78 is 5.19. The average Bonchev–Trinajstić information content (AvgIpc) is 3.01. The Labute approximate surface area is 169 Å². The number of anilines is 1. The van der Waals surface area contributed by atoms with E-state index in [2.05, 4.69) is 5.32 Å². The minimum absolute atomic E-state index is 0.0319. The van der Waals surface area contributed by atoms with Gasteiger partial charge in [0.25, 0.3) is 5.91 Å². The molecule has 0 aliphatic carbocycles. The van der Waals surface area contributed by atoms with E-state index in [1.165, 1.54) is 0 Å². The van der Waals surface area contributed by atoms with Crippen LogP contribution in [0, 0.1) is 0 Å². The molecule has 1 aliphatic heterocycles. The van der Waals surface area contributed by atoms with Crippen LogP contribution in [0.2, 0.25) is 0 Å². The minimum Gasteiger partial charge on any atom is -0.462 e. The standard InChI is InChI=1S/C24H22N2O3/c1-2-29-24(28)20-14-8-9-15-21(20)25-22-18-12-6-7-13-19(18)23(27)26(22)16-17-10-4-3-5-11-17/h3-15,22,25H,2,16H2,1H3/t22-/m1/s1. The number of carbonyl (C=O) groups is 2. The SMILES string of the molecule is CCOC(=O)c1ccccc1N[C@H]1c2ccccc2C(=O)N1Cc1ccccc1. The third-order valence-corrected chi connectivity index (χ3v) is 4.97. The van der Waals surface area contributed by atoms with E-state index in [1.54, 1.807) is 24.0 Å². The summed E-state index contributed by atoms with van der Waals surface area (Å²) in [6.45, 7) is 2.55.